The lowest BCUT2D eigenvalue weighted by Gasteiger charge is -2.29. The number of carbonyl (C=O) groups is 2. The predicted octanol–water partition coefficient (Wildman–Crippen LogP) is 2.85. The maximum absolute atomic E-state index is 12.5. The zero-order valence-corrected chi connectivity index (χ0v) is 27.6. The molecule has 0 spiro atoms. The fraction of sp³-hybridized carbons (Fsp3) is 0.371. The summed E-state index contributed by atoms with van der Waals surface area (Å²) >= 11 is 0. The number of hydrogen-bond acceptors (Lipinski definition) is 14. The van der Waals surface area contributed by atoms with E-state index in [9.17, 15) is 24.9 Å². The first-order valence-corrected chi connectivity index (χ1v) is 15.1. The van der Waals surface area contributed by atoms with Gasteiger partial charge in [-0.1, -0.05) is 24.3 Å². The van der Waals surface area contributed by atoms with Gasteiger partial charge in [0.15, 0.2) is 46.7 Å². The Hall–Kier alpha value is -4.86. The number of hydrogen-bond donors (Lipinski definition) is 3. The van der Waals surface area contributed by atoms with Crippen LogP contribution in [0.2, 0.25) is 0 Å². The van der Waals surface area contributed by atoms with E-state index in [0.29, 0.717) is 22.6 Å². The van der Waals surface area contributed by atoms with E-state index in [0.717, 1.165) is 6.08 Å². The molecule has 3 N–H and O–H groups in total. The molecule has 0 bridgehead atoms. The van der Waals surface area contributed by atoms with E-state index >= 15 is 0 Å². The first-order valence-electron chi connectivity index (χ1n) is 15.1. The Labute approximate surface area is 283 Å². The molecule has 0 aromatic heterocycles. The molecule has 2 unspecified atom stereocenters. The minimum atomic E-state index is -1.44. The summed E-state index contributed by atoms with van der Waals surface area (Å²) < 4.78 is 49.9. The molecule has 1 saturated heterocycles. The zero-order valence-electron chi connectivity index (χ0n) is 27.6. The lowest BCUT2D eigenvalue weighted by molar-refractivity contribution is -0.185. The Kier molecular flexibility index (Phi) is 13.2. The highest BCUT2D eigenvalue weighted by molar-refractivity contribution is 5.87. The second kappa shape index (κ2) is 17.5. The van der Waals surface area contributed by atoms with Crippen LogP contribution in [-0.4, -0.2) is 99.6 Å². The SMILES string of the molecule is COC[C@@H]1O[C@@H](OC(=O)/C=C/c2ccc(OC(c3ccc(OC(C)=O)c(OC)c3)C(CO)Oc3ccccc3OC)c(OC)c2)[C@H](O)[C@H]1O. The largest absolute Gasteiger partial charge is 0.493 e. The van der Waals surface area contributed by atoms with Crippen LogP contribution in [0.15, 0.2) is 66.7 Å². The van der Waals surface area contributed by atoms with Gasteiger partial charge in [0.05, 0.1) is 34.5 Å². The fourth-order valence-electron chi connectivity index (χ4n) is 4.99. The third-order valence-corrected chi connectivity index (χ3v) is 7.37. The number of benzene rings is 3. The van der Waals surface area contributed by atoms with Crippen molar-refractivity contribution in [2.45, 2.75) is 43.7 Å². The van der Waals surface area contributed by atoms with Crippen LogP contribution in [0.3, 0.4) is 0 Å². The molecule has 4 rings (SSSR count). The molecular formula is C35H40O14. The van der Waals surface area contributed by atoms with Crippen molar-refractivity contribution in [2.24, 2.45) is 0 Å². The molecule has 0 amide bonds. The molecule has 264 valence electrons. The number of esters is 2. The van der Waals surface area contributed by atoms with Gasteiger partial charge in [-0.05, 0) is 48.0 Å². The maximum Gasteiger partial charge on any atom is 0.333 e. The van der Waals surface area contributed by atoms with Gasteiger partial charge in [-0.15, -0.1) is 0 Å². The van der Waals surface area contributed by atoms with Crippen molar-refractivity contribution in [2.75, 3.05) is 41.7 Å². The van der Waals surface area contributed by atoms with Crippen molar-refractivity contribution in [3.8, 4) is 34.5 Å². The summed E-state index contributed by atoms with van der Waals surface area (Å²) in [6.45, 7) is 0.801. The second-order valence-electron chi connectivity index (χ2n) is 10.7. The number of carbonyl (C=O) groups excluding carboxylic acids is 2. The first kappa shape index (κ1) is 37.0. The number of ether oxygens (including phenoxy) is 9. The van der Waals surface area contributed by atoms with Crippen molar-refractivity contribution in [3.05, 3.63) is 77.9 Å². The third-order valence-electron chi connectivity index (χ3n) is 7.37. The molecule has 3 aromatic rings. The van der Waals surface area contributed by atoms with Gasteiger partial charge in [-0.3, -0.25) is 4.79 Å². The molecule has 0 aliphatic carbocycles. The highest BCUT2D eigenvalue weighted by Gasteiger charge is 2.44. The van der Waals surface area contributed by atoms with Crippen LogP contribution in [0.4, 0.5) is 0 Å². The smallest absolute Gasteiger partial charge is 0.333 e. The van der Waals surface area contributed by atoms with E-state index in [1.807, 2.05) is 0 Å². The second-order valence-corrected chi connectivity index (χ2v) is 10.7. The van der Waals surface area contributed by atoms with Crippen molar-refractivity contribution in [1.82, 2.24) is 0 Å². The van der Waals surface area contributed by atoms with E-state index in [2.05, 4.69) is 0 Å². The van der Waals surface area contributed by atoms with Crippen LogP contribution in [0.1, 0.15) is 24.2 Å². The molecule has 6 atom stereocenters. The lowest BCUT2D eigenvalue weighted by atomic mass is 10.0. The fourth-order valence-corrected chi connectivity index (χ4v) is 4.99. The number of aliphatic hydroxyl groups excluding tert-OH is 3. The van der Waals surface area contributed by atoms with Crippen molar-refractivity contribution >= 4 is 18.0 Å². The molecule has 3 aromatic carbocycles. The monoisotopic (exact) mass is 684 g/mol. The van der Waals surface area contributed by atoms with E-state index in [1.54, 1.807) is 60.7 Å². The molecule has 49 heavy (non-hydrogen) atoms. The zero-order chi connectivity index (χ0) is 35.5. The lowest BCUT2D eigenvalue weighted by Crippen LogP contribution is -2.35. The van der Waals surface area contributed by atoms with Crippen molar-refractivity contribution in [3.63, 3.8) is 0 Å². The quantitative estimate of drug-likeness (QED) is 0.114. The Morgan fingerprint density at radius 2 is 1.47 bits per heavy atom. The van der Waals surface area contributed by atoms with Gasteiger partial charge in [-0.2, -0.15) is 0 Å². The number of methoxy groups -OCH3 is 4. The molecule has 1 fully saturated rings. The van der Waals surface area contributed by atoms with Crippen LogP contribution in [-0.2, 0) is 23.8 Å². The number of rotatable bonds is 16. The van der Waals surface area contributed by atoms with Gasteiger partial charge in [-0.25, -0.2) is 4.79 Å². The average Bonchev–Trinajstić information content (AvgIpc) is 3.36. The first-order chi connectivity index (χ1) is 23.6. The van der Waals surface area contributed by atoms with Gasteiger partial charge in [0, 0.05) is 25.7 Å². The summed E-state index contributed by atoms with van der Waals surface area (Å²) in [6.07, 6.45) is -4.31. The molecule has 1 heterocycles. The van der Waals surface area contributed by atoms with Gasteiger partial charge in [0.1, 0.15) is 18.3 Å². The Balaban J connectivity index is 1.60. The van der Waals surface area contributed by atoms with Crippen LogP contribution >= 0.6 is 0 Å². The molecular weight excluding hydrogens is 644 g/mol. The predicted molar refractivity (Wildman–Crippen MR) is 173 cm³/mol. The number of para-hydroxylation sites is 2. The summed E-state index contributed by atoms with van der Waals surface area (Å²) in [5.74, 6) is 0.423. The minimum absolute atomic E-state index is 0.00987. The molecule has 14 nitrogen and oxygen atoms in total. The van der Waals surface area contributed by atoms with E-state index in [1.165, 1.54) is 41.4 Å². The highest BCUT2D eigenvalue weighted by atomic mass is 16.7. The van der Waals surface area contributed by atoms with E-state index in [-0.39, 0.29) is 29.6 Å². The van der Waals surface area contributed by atoms with E-state index < -0.39 is 55.4 Å². The standard InChI is InChI=1S/C35H40O14/c1-20(37)45-25-14-12-22(17-28(25)44-5)34(29(18-36)46-24-9-7-6-8-23(24)42-3)47-26-13-10-21(16-27(26)43-4)11-15-31(38)49-35-33(40)32(39)30(48-35)19-41-2/h6-17,29-30,32-36,39-40H,18-19H2,1-5H3/b15-11+/t29?,30-,32-,33+,34?,35-/m0/s1. The molecule has 1 aliphatic heterocycles. The Bertz CT molecular complexity index is 1590. The van der Waals surface area contributed by atoms with Gasteiger partial charge in [0.25, 0.3) is 0 Å². The van der Waals surface area contributed by atoms with Crippen LogP contribution in [0.25, 0.3) is 6.08 Å². The Morgan fingerprint density at radius 1 is 0.816 bits per heavy atom. The van der Waals surface area contributed by atoms with E-state index in [4.69, 9.17) is 42.6 Å². The molecule has 0 saturated carbocycles. The topological polar surface area (TPSA) is 178 Å². The summed E-state index contributed by atoms with van der Waals surface area (Å²) in [7, 11) is 5.77. The number of aliphatic hydroxyl groups is 3. The third kappa shape index (κ3) is 9.40. The summed E-state index contributed by atoms with van der Waals surface area (Å²) in [5, 5.41) is 30.8. The maximum atomic E-state index is 12.5. The average molecular weight is 685 g/mol. The minimum Gasteiger partial charge on any atom is -0.493 e. The summed E-state index contributed by atoms with van der Waals surface area (Å²) in [5.41, 5.74) is 1.03. The van der Waals surface area contributed by atoms with Crippen LogP contribution < -0.4 is 28.4 Å². The molecule has 1 aliphatic rings. The highest BCUT2D eigenvalue weighted by Crippen LogP contribution is 2.39. The van der Waals surface area contributed by atoms with Crippen LogP contribution in [0.5, 0.6) is 34.5 Å². The van der Waals surface area contributed by atoms with Gasteiger partial charge >= 0.3 is 11.9 Å². The Morgan fingerprint density at radius 3 is 2.12 bits per heavy atom. The molecule has 14 heteroatoms. The summed E-state index contributed by atoms with van der Waals surface area (Å²) in [6, 6.07) is 16.6. The van der Waals surface area contributed by atoms with Gasteiger partial charge in [0.2, 0.25) is 6.29 Å². The normalized spacial score (nSPS) is 19.9. The summed E-state index contributed by atoms with van der Waals surface area (Å²) in [4.78, 5) is 24.1. The van der Waals surface area contributed by atoms with Crippen LogP contribution in [0, 0.1) is 0 Å². The van der Waals surface area contributed by atoms with Crippen molar-refractivity contribution < 1.29 is 67.5 Å². The van der Waals surface area contributed by atoms with Crippen molar-refractivity contribution in [1.29, 1.82) is 0 Å². The van der Waals surface area contributed by atoms with Gasteiger partial charge < -0.3 is 58.0 Å². The molecule has 0 radical (unpaired) electrons.